The van der Waals surface area contributed by atoms with Crippen LogP contribution in [0.4, 0.5) is 17.3 Å². The van der Waals surface area contributed by atoms with Crippen LogP contribution in [0.1, 0.15) is 32.6 Å². The van der Waals surface area contributed by atoms with E-state index < -0.39 is 5.91 Å². The van der Waals surface area contributed by atoms with Crippen molar-refractivity contribution in [2.45, 2.75) is 20.8 Å². The highest BCUT2D eigenvalue weighted by Gasteiger charge is 2.19. The number of aryl methyl sites for hydroxylation is 3. The molecule has 0 aliphatic heterocycles. The highest BCUT2D eigenvalue weighted by molar-refractivity contribution is 6.05. The van der Waals surface area contributed by atoms with Crippen LogP contribution >= 0.6 is 0 Å². The molecule has 178 valence electrons. The summed E-state index contributed by atoms with van der Waals surface area (Å²) in [4.78, 5) is 26.0. The molecule has 0 saturated carbocycles. The molecule has 8 heteroatoms. The summed E-state index contributed by atoms with van der Waals surface area (Å²) in [5.41, 5.74) is 5.24. The molecule has 0 unspecified atom stereocenters. The Morgan fingerprint density at radius 1 is 1.00 bits per heavy atom. The van der Waals surface area contributed by atoms with Crippen LogP contribution in [0.3, 0.4) is 0 Å². The van der Waals surface area contributed by atoms with Gasteiger partial charge in [0.25, 0.3) is 5.91 Å². The summed E-state index contributed by atoms with van der Waals surface area (Å²) in [6, 6.07) is 17.0. The number of amides is 1. The van der Waals surface area contributed by atoms with E-state index in [4.69, 9.17) is 10.00 Å². The van der Waals surface area contributed by atoms with E-state index in [1.807, 2.05) is 63.2 Å². The van der Waals surface area contributed by atoms with Gasteiger partial charge in [0.05, 0.1) is 6.07 Å². The maximum Gasteiger partial charge on any atom is 0.262 e. The van der Waals surface area contributed by atoms with Crippen LogP contribution < -0.4 is 15.4 Å². The molecule has 4 rings (SSSR count). The van der Waals surface area contributed by atoms with Gasteiger partial charge in [0.2, 0.25) is 11.8 Å². The van der Waals surface area contributed by atoms with E-state index in [0.29, 0.717) is 11.4 Å². The number of anilines is 3. The molecule has 0 saturated heterocycles. The number of carbonyl (C=O) groups excluding carboxylic acids is 1. The number of aromatic nitrogens is 3. The number of ether oxygens (including phenoxy) is 1. The molecule has 0 aliphatic rings. The largest absolute Gasteiger partial charge is 0.437 e. The van der Waals surface area contributed by atoms with Gasteiger partial charge in [0.1, 0.15) is 11.3 Å². The molecule has 8 nitrogen and oxygen atoms in total. The number of rotatable bonds is 7. The maximum atomic E-state index is 13.1. The summed E-state index contributed by atoms with van der Waals surface area (Å²) in [7, 11) is 0. The summed E-state index contributed by atoms with van der Waals surface area (Å²) in [5, 5.41) is 14.8. The summed E-state index contributed by atoms with van der Waals surface area (Å²) < 4.78 is 6.23. The third kappa shape index (κ3) is 5.90. The molecule has 0 atom stereocenters. The van der Waals surface area contributed by atoms with E-state index in [2.05, 4.69) is 25.6 Å². The Kier molecular flexibility index (Phi) is 7.32. The van der Waals surface area contributed by atoms with Crippen LogP contribution in [0.2, 0.25) is 0 Å². The molecule has 0 radical (unpaired) electrons. The van der Waals surface area contributed by atoms with Crippen LogP contribution in [0, 0.1) is 32.1 Å². The summed E-state index contributed by atoms with van der Waals surface area (Å²) in [5.74, 6) is 0.555. The Hall–Kier alpha value is -5.03. The van der Waals surface area contributed by atoms with Gasteiger partial charge in [0.15, 0.2) is 0 Å². The third-order valence-electron chi connectivity index (χ3n) is 5.28. The van der Waals surface area contributed by atoms with Gasteiger partial charge in [-0.05, 0) is 79.9 Å². The van der Waals surface area contributed by atoms with Crippen molar-refractivity contribution in [3.63, 3.8) is 0 Å². The predicted octanol–water partition coefficient (Wildman–Crippen LogP) is 6.12. The van der Waals surface area contributed by atoms with Crippen molar-refractivity contribution < 1.29 is 9.53 Å². The minimum absolute atomic E-state index is 0.109. The Labute approximate surface area is 209 Å². The van der Waals surface area contributed by atoms with Crippen LogP contribution in [0.5, 0.6) is 11.6 Å². The summed E-state index contributed by atoms with van der Waals surface area (Å²) in [6.07, 6.45) is 7.76. The quantitative estimate of drug-likeness (QED) is 0.309. The molecule has 0 fully saturated rings. The monoisotopic (exact) mass is 476 g/mol. The second-order valence-corrected chi connectivity index (χ2v) is 8.14. The van der Waals surface area contributed by atoms with Crippen molar-refractivity contribution in [1.29, 1.82) is 5.26 Å². The van der Waals surface area contributed by atoms with E-state index in [1.54, 1.807) is 30.6 Å². The zero-order chi connectivity index (χ0) is 25.5. The van der Waals surface area contributed by atoms with Gasteiger partial charge in [-0.2, -0.15) is 10.2 Å². The Morgan fingerprint density at radius 2 is 1.69 bits per heavy atom. The minimum Gasteiger partial charge on any atom is -0.437 e. The van der Waals surface area contributed by atoms with Crippen LogP contribution in [0.15, 0.2) is 73.2 Å². The molecule has 0 spiro atoms. The number of hydrogen-bond donors (Lipinski definition) is 2. The topological polar surface area (TPSA) is 113 Å². The van der Waals surface area contributed by atoms with E-state index >= 15 is 0 Å². The van der Waals surface area contributed by atoms with Gasteiger partial charge < -0.3 is 15.4 Å². The molecule has 2 aromatic heterocycles. The van der Waals surface area contributed by atoms with Crippen molar-refractivity contribution in [1.82, 2.24) is 15.0 Å². The van der Waals surface area contributed by atoms with Crippen molar-refractivity contribution in [3.05, 3.63) is 101 Å². The standard InChI is InChI=1S/C28H24N6O2/c1-18-6-8-22(9-7-18)33-28-31-17-24(26(35)32-23-10-13-30-14-11-23)27(34-28)36-25-19(2)15-21(5-4-12-29)16-20(25)3/h4-11,13-17H,1-3H3,(H,30,32,35)(H,31,33,34)/b5-4+. The summed E-state index contributed by atoms with van der Waals surface area (Å²) >= 11 is 0. The number of hydrogen-bond acceptors (Lipinski definition) is 7. The highest BCUT2D eigenvalue weighted by atomic mass is 16.5. The lowest BCUT2D eigenvalue weighted by Gasteiger charge is -2.16. The average Bonchev–Trinajstić information content (AvgIpc) is 2.87. The number of nitrogens with one attached hydrogen (secondary N) is 2. The lowest BCUT2D eigenvalue weighted by atomic mass is 10.1. The van der Waals surface area contributed by atoms with Gasteiger partial charge >= 0.3 is 0 Å². The molecule has 36 heavy (non-hydrogen) atoms. The number of benzene rings is 2. The number of pyridine rings is 1. The van der Waals surface area contributed by atoms with Gasteiger partial charge in [-0.25, -0.2) is 4.98 Å². The first kappa shape index (κ1) is 24.1. The number of allylic oxidation sites excluding steroid dienone is 1. The fourth-order valence-corrected chi connectivity index (χ4v) is 3.53. The van der Waals surface area contributed by atoms with E-state index in [0.717, 1.165) is 27.9 Å². The zero-order valence-corrected chi connectivity index (χ0v) is 20.1. The first-order valence-electron chi connectivity index (χ1n) is 11.2. The first-order chi connectivity index (χ1) is 17.4. The first-order valence-corrected chi connectivity index (χ1v) is 11.2. The van der Waals surface area contributed by atoms with Gasteiger partial charge in [-0.15, -0.1) is 0 Å². The number of nitriles is 1. The van der Waals surface area contributed by atoms with E-state index in [-0.39, 0.29) is 17.4 Å². The third-order valence-corrected chi connectivity index (χ3v) is 5.28. The Balaban J connectivity index is 1.70. The zero-order valence-electron chi connectivity index (χ0n) is 20.1. The van der Waals surface area contributed by atoms with Gasteiger partial charge in [0, 0.05) is 36.0 Å². The fraction of sp³-hybridized carbons (Fsp3) is 0.107. The van der Waals surface area contributed by atoms with Crippen molar-refractivity contribution >= 4 is 29.3 Å². The molecule has 2 heterocycles. The molecule has 2 aromatic carbocycles. The second-order valence-electron chi connectivity index (χ2n) is 8.14. The molecular weight excluding hydrogens is 452 g/mol. The minimum atomic E-state index is -0.415. The fourth-order valence-electron chi connectivity index (χ4n) is 3.53. The number of nitrogens with zero attached hydrogens (tertiary/aromatic N) is 4. The normalized spacial score (nSPS) is 10.6. The molecule has 0 aliphatic carbocycles. The van der Waals surface area contributed by atoms with E-state index in [1.165, 1.54) is 12.3 Å². The lowest BCUT2D eigenvalue weighted by molar-refractivity contribution is 0.102. The average molecular weight is 477 g/mol. The molecule has 1 amide bonds. The molecule has 4 aromatic rings. The van der Waals surface area contributed by atoms with Crippen molar-refractivity contribution in [2.24, 2.45) is 0 Å². The molecular formula is C28H24N6O2. The summed E-state index contributed by atoms with van der Waals surface area (Å²) in [6.45, 7) is 5.80. The van der Waals surface area contributed by atoms with Crippen LogP contribution in [-0.2, 0) is 0 Å². The van der Waals surface area contributed by atoms with E-state index in [9.17, 15) is 4.79 Å². The molecule has 2 N–H and O–H groups in total. The second kappa shape index (κ2) is 10.9. The van der Waals surface area contributed by atoms with Crippen LogP contribution in [-0.4, -0.2) is 20.9 Å². The van der Waals surface area contributed by atoms with Gasteiger partial charge in [-0.3, -0.25) is 9.78 Å². The SMILES string of the molecule is Cc1ccc(Nc2ncc(C(=O)Nc3ccncc3)c(Oc3c(C)cc(/C=C/C#N)cc3C)n2)cc1. The van der Waals surface area contributed by atoms with Crippen molar-refractivity contribution in [2.75, 3.05) is 10.6 Å². The van der Waals surface area contributed by atoms with Crippen LogP contribution in [0.25, 0.3) is 6.08 Å². The highest BCUT2D eigenvalue weighted by Crippen LogP contribution is 2.32. The Morgan fingerprint density at radius 3 is 2.36 bits per heavy atom. The van der Waals surface area contributed by atoms with Crippen molar-refractivity contribution in [3.8, 4) is 17.7 Å². The molecule has 0 bridgehead atoms. The maximum absolute atomic E-state index is 13.1. The Bertz CT molecular complexity index is 1440. The number of carbonyl (C=O) groups is 1. The van der Waals surface area contributed by atoms with Gasteiger partial charge in [-0.1, -0.05) is 17.7 Å². The predicted molar refractivity (Wildman–Crippen MR) is 139 cm³/mol. The lowest BCUT2D eigenvalue weighted by Crippen LogP contribution is -2.15. The smallest absolute Gasteiger partial charge is 0.262 e.